The molecule has 1 aromatic rings. The van der Waals surface area contributed by atoms with E-state index in [0.29, 0.717) is 15.7 Å². The molecule has 0 radical (unpaired) electrons. The Morgan fingerprint density at radius 2 is 2.33 bits per heavy atom. The molecule has 0 spiro atoms. The molecule has 1 amide bonds. The van der Waals surface area contributed by atoms with Crippen molar-refractivity contribution in [2.75, 3.05) is 12.3 Å². The molecule has 0 saturated heterocycles. The minimum Gasteiger partial charge on any atom is -0.398 e. The number of halogens is 1. The van der Waals surface area contributed by atoms with Gasteiger partial charge in [0.2, 0.25) is 0 Å². The van der Waals surface area contributed by atoms with Gasteiger partial charge in [-0.05, 0) is 35.0 Å². The number of nitrogen functional groups attached to an aromatic ring is 1. The number of aliphatic hydroxyl groups excluding tert-OH is 1. The fourth-order valence-electron chi connectivity index (χ4n) is 1.07. The highest BCUT2D eigenvalue weighted by Gasteiger charge is 2.13. The van der Waals surface area contributed by atoms with E-state index in [4.69, 9.17) is 10.8 Å². The predicted octanol–water partition coefficient (Wildman–Crippen LogP) is 1.14. The van der Waals surface area contributed by atoms with Crippen LogP contribution in [0.25, 0.3) is 0 Å². The van der Waals surface area contributed by atoms with Gasteiger partial charge in [0.05, 0.1) is 16.6 Å². The third kappa shape index (κ3) is 2.94. The molecule has 0 unspecified atom stereocenters. The largest absolute Gasteiger partial charge is 0.398 e. The molecule has 0 saturated carbocycles. The Morgan fingerprint density at radius 3 is 2.93 bits per heavy atom. The maximum absolute atomic E-state index is 11.7. The normalized spacial score (nSPS) is 12.2. The van der Waals surface area contributed by atoms with E-state index in [1.807, 2.05) is 0 Å². The molecular formula is C10H13BrN2O2. The first-order chi connectivity index (χ1) is 7.06. The fourth-order valence-corrected chi connectivity index (χ4v) is 1.52. The number of hydrogen-bond donors (Lipinski definition) is 3. The number of rotatable bonds is 3. The molecule has 0 aliphatic rings. The van der Waals surface area contributed by atoms with Crippen LogP contribution in [0.5, 0.6) is 0 Å². The van der Waals surface area contributed by atoms with E-state index in [2.05, 4.69) is 21.2 Å². The van der Waals surface area contributed by atoms with Crippen molar-refractivity contribution in [3.63, 3.8) is 0 Å². The van der Waals surface area contributed by atoms with Crippen molar-refractivity contribution in [3.05, 3.63) is 28.2 Å². The first kappa shape index (κ1) is 12.0. The van der Waals surface area contributed by atoms with E-state index in [9.17, 15) is 4.79 Å². The van der Waals surface area contributed by atoms with E-state index in [-0.39, 0.29) is 18.6 Å². The number of amides is 1. The average Bonchev–Trinajstić information content (AvgIpc) is 2.21. The first-order valence-corrected chi connectivity index (χ1v) is 5.31. The summed E-state index contributed by atoms with van der Waals surface area (Å²) in [6.45, 7) is 1.63. The van der Waals surface area contributed by atoms with Crippen molar-refractivity contribution in [1.82, 2.24) is 5.32 Å². The number of carbonyl (C=O) groups is 1. The second-order valence-corrected chi connectivity index (χ2v) is 4.06. The van der Waals surface area contributed by atoms with Gasteiger partial charge in [0.15, 0.2) is 0 Å². The SMILES string of the molecule is C[C@H](CO)NC(=O)c1cccc(N)c1Br. The van der Waals surface area contributed by atoms with Crippen molar-refractivity contribution in [2.24, 2.45) is 0 Å². The number of nitrogens with one attached hydrogen (secondary N) is 1. The molecule has 0 heterocycles. The summed E-state index contributed by atoms with van der Waals surface area (Å²) in [6, 6.07) is 4.81. The Hall–Kier alpha value is -1.07. The van der Waals surface area contributed by atoms with Gasteiger partial charge in [-0.15, -0.1) is 0 Å². The molecule has 4 N–H and O–H groups in total. The van der Waals surface area contributed by atoms with Gasteiger partial charge in [0, 0.05) is 11.7 Å². The summed E-state index contributed by atoms with van der Waals surface area (Å²) in [6.07, 6.45) is 0. The highest BCUT2D eigenvalue weighted by atomic mass is 79.9. The topological polar surface area (TPSA) is 75.3 Å². The lowest BCUT2D eigenvalue weighted by Gasteiger charge is -2.12. The van der Waals surface area contributed by atoms with Crippen molar-refractivity contribution in [2.45, 2.75) is 13.0 Å². The summed E-state index contributed by atoms with van der Waals surface area (Å²) in [5, 5.41) is 11.4. The zero-order valence-corrected chi connectivity index (χ0v) is 9.91. The van der Waals surface area contributed by atoms with Crippen molar-refractivity contribution in [3.8, 4) is 0 Å². The monoisotopic (exact) mass is 272 g/mol. The first-order valence-electron chi connectivity index (χ1n) is 4.52. The second-order valence-electron chi connectivity index (χ2n) is 3.27. The van der Waals surface area contributed by atoms with Crippen LogP contribution in [-0.2, 0) is 0 Å². The van der Waals surface area contributed by atoms with E-state index in [1.54, 1.807) is 25.1 Å². The number of nitrogens with two attached hydrogens (primary N) is 1. The highest BCUT2D eigenvalue weighted by molar-refractivity contribution is 9.10. The molecule has 1 rings (SSSR count). The molecule has 1 aromatic carbocycles. The van der Waals surface area contributed by atoms with E-state index in [1.165, 1.54) is 0 Å². The van der Waals surface area contributed by atoms with E-state index >= 15 is 0 Å². The van der Waals surface area contributed by atoms with E-state index < -0.39 is 0 Å². The van der Waals surface area contributed by atoms with Gasteiger partial charge in [0.25, 0.3) is 5.91 Å². The zero-order chi connectivity index (χ0) is 11.4. The minimum absolute atomic E-state index is 0.0916. The molecule has 0 aromatic heterocycles. The Balaban J connectivity index is 2.87. The summed E-state index contributed by atoms with van der Waals surface area (Å²) >= 11 is 3.24. The van der Waals surface area contributed by atoms with Gasteiger partial charge in [-0.1, -0.05) is 6.07 Å². The lowest BCUT2D eigenvalue weighted by molar-refractivity contribution is 0.0921. The van der Waals surface area contributed by atoms with Crippen LogP contribution >= 0.6 is 15.9 Å². The molecule has 0 aliphatic carbocycles. The van der Waals surface area contributed by atoms with Crippen molar-refractivity contribution in [1.29, 1.82) is 0 Å². The van der Waals surface area contributed by atoms with Crippen LogP contribution in [0.4, 0.5) is 5.69 Å². The fraction of sp³-hybridized carbons (Fsp3) is 0.300. The molecule has 82 valence electrons. The van der Waals surface area contributed by atoms with Gasteiger partial charge < -0.3 is 16.2 Å². The van der Waals surface area contributed by atoms with Gasteiger partial charge in [0.1, 0.15) is 0 Å². The van der Waals surface area contributed by atoms with Crippen LogP contribution in [0, 0.1) is 0 Å². The molecular weight excluding hydrogens is 260 g/mol. The number of carbonyl (C=O) groups excluding carboxylic acids is 1. The third-order valence-corrected chi connectivity index (χ3v) is 2.81. The number of hydrogen-bond acceptors (Lipinski definition) is 3. The van der Waals surface area contributed by atoms with Crippen LogP contribution in [0.2, 0.25) is 0 Å². The summed E-state index contributed by atoms with van der Waals surface area (Å²) in [7, 11) is 0. The summed E-state index contributed by atoms with van der Waals surface area (Å²) in [4.78, 5) is 11.7. The Kier molecular flexibility index (Phi) is 4.11. The Labute approximate surface area is 96.6 Å². The van der Waals surface area contributed by atoms with Crippen LogP contribution in [0.1, 0.15) is 17.3 Å². The Morgan fingerprint density at radius 1 is 1.67 bits per heavy atom. The standard InChI is InChI=1S/C10H13BrN2O2/c1-6(5-14)13-10(15)7-3-2-4-8(12)9(7)11/h2-4,6,14H,5,12H2,1H3,(H,13,15)/t6-/m1/s1. The van der Waals surface area contributed by atoms with Crippen LogP contribution < -0.4 is 11.1 Å². The summed E-state index contributed by atoms with van der Waals surface area (Å²) < 4.78 is 0.577. The van der Waals surface area contributed by atoms with E-state index in [0.717, 1.165) is 0 Å². The van der Waals surface area contributed by atoms with Crippen LogP contribution in [-0.4, -0.2) is 23.7 Å². The van der Waals surface area contributed by atoms with Crippen LogP contribution in [0.3, 0.4) is 0 Å². The highest BCUT2D eigenvalue weighted by Crippen LogP contribution is 2.23. The summed E-state index contributed by atoms with van der Waals surface area (Å²) in [5.41, 5.74) is 6.63. The maximum atomic E-state index is 11.7. The van der Waals surface area contributed by atoms with Crippen molar-refractivity contribution >= 4 is 27.5 Å². The molecule has 1 atom stereocenters. The number of benzene rings is 1. The molecule has 4 nitrogen and oxygen atoms in total. The quantitative estimate of drug-likeness (QED) is 0.723. The lowest BCUT2D eigenvalue weighted by atomic mass is 10.2. The van der Waals surface area contributed by atoms with Crippen LogP contribution in [0.15, 0.2) is 22.7 Å². The maximum Gasteiger partial charge on any atom is 0.252 e. The minimum atomic E-state index is -0.272. The van der Waals surface area contributed by atoms with Gasteiger partial charge in [-0.3, -0.25) is 4.79 Å². The molecule has 0 bridgehead atoms. The second kappa shape index (κ2) is 5.14. The van der Waals surface area contributed by atoms with Gasteiger partial charge in [-0.25, -0.2) is 0 Å². The van der Waals surface area contributed by atoms with Gasteiger partial charge in [-0.2, -0.15) is 0 Å². The molecule has 15 heavy (non-hydrogen) atoms. The third-order valence-electron chi connectivity index (χ3n) is 1.92. The Bertz CT molecular complexity index is 368. The lowest BCUT2D eigenvalue weighted by Crippen LogP contribution is -2.35. The molecule has 0 fully saturated rings. The molecule has 0 aliphatic heterocycles. The van der Waals surface area contributed by atoms with Crippen molar-refractivity contribution < 1.29 is 9.90 Å². The average molecular weight is 273 g/mol. The smallest absolute Gasteiger partial charge is 0.252 e. The summed E-state index contributed by atoms with van der Waals surface area (Å²) in [5.74, 6) is -0.254. The number of anilines is 1. The number of aliphatic hydroxyl groups is 1. The zero-order valence-electron chi connectivity index (χ0n) is 8.33. The predicted molar refractivity (Wildman–Crippen MR) is 62.6 cm³/mol. The molecule has 5 heteroatoms. The van der Waals surface area contributed by atoms with Gasteiger partial charge >= 0.3 is 0 Å².